The van der Waals surface area contributed by atoms with E-state index < -0.39 is 12.1 Å². The molecule has 2 unspecified atom stereocenters. The topological polar surface area (TPSA) is 95.9 Å². The molecule has 6 nitrogen and oxygen atoms in total. The second-order valence-electron chi connectivity index (χ2n) is 17.8. The van der Waals surface area contributed by atoms with Crippen LogP contribution in [0.15, 0.2) is 24.3 Å². The van der Waals surface area contributed by atoms with E-state index >= 15 is 0 Å². The summed E-state index contributed by atoms with van der Waals surface area (Å²) in [5.74, 6) is -0.0804. The number of hydrogen-bond acceptors (Lipinski definition) is 5. The molecule has 2 atom stereocenters. The van der Waals surface area contributed by atoms with Gasteiger partial charge in [-0.25, -0.2) is 0 Å². The van der Waals surface area contributed by atoms with Gasteiger partial charge < -0.3 is 20.3 Å². The van der Waals surface area contributed by atoms with Gasteiger partial charge in [0.25, 0.3) is 0 Å². The Morgan fingerprint density at radius 3 is 1.22 bits per heavy atom. The van der Waals surface area contributed by atoms with Gasteiger partial charge in [0.15, 0.2) is 0 Å². The van der Waals surface area contributed by atoms with Crippen LogP contribution in [0.2, 0.25) is 0 Å². The van der Waals surface area contributed by atoms with Gasteiger partial charge >= 0.3 is 5.97 Å². The standard InChI is InChI=1S/C53H101NO5/c1-3-5-7-9-11-13-15-16-17-18-19-20-21-24-27-31-35-39-43-47-53(58)59-48-44-40-36-32-28-25-22-23-26-30-34-38-42-46-52(57)54-50(49-55)51(56)45-41-37-33-29-14-12-10-8-6-4-2/h16-17,23,26,50-51,55-56H,3-15,18-22,24-25,27-49H2,1-2H3,(H,54,57)/b17-16-,26-23-. The minimum absolute atomic E-state index is 0.0135. The summed E-state index contributed by atoms with van der Waals surface area (Å²) < 4.78 is 5.47. The summed E-state index contributed by atoms with van der Waals surface area (Å²) in [6, 6.07) is -0.560. The Balaban J connectivity index is 3.45. The predicted octanol–water partition coefficient (Wildman–Crippen LogP) is 15.5. The van der Waals surface area contributed by atoms with E-state index in [-0.39, 0.29) is 18.5 Å². The molecule has 1 amide bonds. The Labute approximate surface area is 367 Å². The van der Waals surface area contributed by atoms with Crippen LogP contribution >= 0.6 is 0 Å². The van der Waals surface area contributed by atoms with Crippen molar-refractivity contribution in [2.24, 2.45) is 0 Å². The first-order chi connectivity index (χ1) is 29.0. The summed E-state index contributed by atoms with van der Waals surface area (Å²) in [7, 11) is 0. The van der Waals surface area contributed by atoms with Gasteiger partial charge in [-0.1, -0.05) is 212 Å². The Bertz CT molecular complexity index is 920. The number of nitrogens with one attached hydrogen (secondary N) is 1. The molecule has 0 rings (SSSR count). The minimum atomic E-state index is -0.679. The Morgan fingerprint density at radius 2 is 0.797 bits per heavy atom. The largest absolute Gasteiger partial charge is 0.466 e. The van der Waals surface area contributed by atoms with Crippen molar-refractivity contribution in [1.82, 2.24) is 5.32 Å². The molecule has 0 radical (unpaired) electrons. The molecule has 0 saturated carbocycles. The molecule has 6 heteroatoms. The van der Waals surface area contributed by atoms with Gasteiger partial charge in [-0.15, -0.1) is 0 Å². The molecule has 0 aliphatic heterocycles. The van der Waals surface area contributed by atoms with E-state index in [0.717, 1.165) is 70.6 Å². The first-order valence-electron chi connectivity index (χ1n) is 26.1. The van der Waals surface area contributed by atoms with Gasteiger partial charge in [0, 0.05) is 12.8 Å². The highest BCUT2D eigenvalue weighted by Crippen LogP contribution is 2.16. The Hall–Kier alpha value is -1.66. The van der Waals surface area contributed by atoms with Gasteiger partial charge in [0.2, 0.25) is 5.91 Å². The zero-order valence-corrected chi connectivity index (χ0v) is 39.5. The molecule has 0 aromatic rings. The highest BCUT2D eigenvalue weighted by Gasteiger charge is 2.20. The predicted molar refractivity (Wildman–Crippen MR) is 255 cm³/mol. The maximum atomic E-state index is 12.4. The first-order valence-corrected chi connectivity index (χ1v) is 26.1. The van der Waals surface area contributed by atoms with Crippen LogP contribution in [-0.2, 0) is 14.3 Å². The monoisotopic (exact) mass is 832 g/mol. The lowest BCUT2D eigenvalue weighted by atomic mass is 10.0. The lowest BCUT2D eigenvalue weighted by Gasteiger charge is -2.22. The molecule has 0 aliphatic carbocycles. The zero-order chi connectivity index (χ0) is 43.0. The Kier molecular flexibility index (Phi) is 47.6. The van der Waals surface area contributed by atoms with Crippen LogP contribution in [0.1, 0.15) is 277 Å². The van der Waals surface area contributed by atoms with Crippen molar-refractivity contribution in [2.45, 2.75) is 289 Å². The van der Waals surface area contributed by atoms with Gasteiger partial charge in [0.1, 0.15) is 0 Å². The molecule has 0 saturated heterocycles. The van der Waals surface area contributed by atoms with Crippen LogP contribution in [-0.4, -0.2) is 47.4 Å². The van der Waals surface area contributed by atoms with E-state index in [9.17, 15) is 19.8 Å². The second-order valence-corrected chi connectivity index (χ2v) is 17.8. The molecule has 0 fully saturated rings. The van der Waals surface area contributed by atoms with Crippen molar-refractivity contribution in [2.75, 3.05) is 13.2 Å². The van der Waals surface area contributed by atoms with E-state index in [1.54, 1.807) is 0 Å². The summed E-state index contributed by atoms with van der Waals surface area (Å²) in [5.41, 5.74) is 0. The number of rotatable bonds is 48. The lowest BCUT2D eigenvalue weighted by Crippen LogP contribution is -2.45. The average molecular weight is 832 g/mol. The molecule has 348 valence electrons. The number of ether oxygens (including phenoxy) is 1. The van der Waals surface area contributed by atoms with Gasteiger partial charge in [0.05, 0.1) is 25.4 Å². The normalized spacial score (nSPS) is 12.8. The number of esters is 1. The fourth-order valence-corrected chi connectivity index (χ4v) is 7.92. The average Bonchev–Trinajstić information content (AvgIpc) is 3.24. The third-order valence-corrected chi connectivity index (χ3v) is 12.0. The molecule has 0 aromatic carbocycles. The minimum Gasteiger partial charge on any atom is -0.466 e. The fraction of sp³-hybridized carbons (Fsp3) is 0.887. The maximum absolute atomic E-state index is 12.4. The van der Waals surface area contributed by atoms with Crippen LogP contribution in [0.5, 0.6) is 0 Å². The summed E-state index contributed by atoms with van der Waals surface area (Å²) in [5, 5.41) is 23.1. The van der Waals surface area contributed by atoms with Crippen LogP contribution < -0.4 is 5.32 Å². The first kappa shape index (κ1) is 57.3. The number of allylic oxidation sites excluding steroid dienone is 4. The number of hydrogen-bond donors (Lipinski definition) is 3. The summed E-state index contributed by atoms with van der Waals surface area (Å²) in [4.78, 5) is 24.4. The number of aliphatic hydroxyl groups is 2. The number of amides is 1. The number of carbonyl (C=O) groups excluding carboxylic acids is 2. The van der Waals surface area contributed by atoms with Gasteiger partial charge in [-0.3, -0.25) is 9.59 Å². The number of unbranched alkanes of at least 4 members (excludes halogenated alkanes) is 33. The zero-order valence-electron chi connectivity index (χ0n) is 39.5. The van der Waals surface area contributed by atoms with Crippen molar-refractivity contribution < 1.29 is 24.5 Å². The van der Waals surface area contributed by atoms with Crippen LogP contribution in [0.3, 0.4) is 0 Å². The molecule has 0 spiro atoms. The van der Waals surface area contributed by atoms with Crippen molar-refractivity contribution >= 4 is 11.9 Å². The van der Waals surface area contributed by atoms with Crippen molar-refractivity contribution in [1.29, 1.82) is 0 Å². The molecule has 0 aromatic heterocycles. The maximum Gasteiger partial charge on any atom is 0.305 e. The van der Waals surface area contributed by atoms with E-state index in [1.807, 2.05) is 0 Å². The summed E-state index contributed by atoms with van der Waals surface area (Å²) >= 11 is 0. The molecule has 0 bridgehead atoms. The van der Waals surface area contributed by atoms with Gasteiger partial charge in [-0.2, -0.15) is 0 Å². The van der Waals surface area contributed by atoms with Crippen molar-refractivity contribution in [3.8, 4) is 0 Å². The fourth-order valence-electron chi connectivity index (χ4n) is 7.92. The van der Waals surface area contributed by atoms with Crippen LogP contribution in [0.4, 0.5) is 0 Å². The van der Waals surface area contributed by atoms with Crippen LogP contribution in [0.25, 0.3) is 0 Å². The van der Waals surface area contributed by atoms with E-state index in [2.05, 4.69) is 43.5 Å². The van der Waals surface area contributed by atoms with Crippen molar-refractivity contribution in [3.05, 3.63) is 24.3 Å². The number of carbonyl (C=O) groups is 2. The highest BCUT2D eigenvalue weighted by molar-refractivity contribution is 5.76. The quantitative estimate of drug-likeness (QED) is 0.0322. The third-order valence-electron chi connectivity index (χ3n) is 12.0. The lowest BCUT2D eigenvalue weighted by molar-refractivity contribution is -0.143. The second kappa shape index (κ2) is 49.0. The molecule has 3 N–H and O–H groups in total. The molecule has 0 heterocycles. The molecular formula is C53H101NO5. The van der Waals surface area contributed by atoms with E-state index in [1.165, 1.54) is 173 Å². The Morgan fingerprint density at radius 1 is 0.458 bits per heavy atom. The SMILES string of the molecule is CCCCCCCC/C=C\CCCCCCCCCCCC(=O)OCCCCCCCC/C=C\CCCCCC(=O)NC(CO)C(O)CCCCCCCCCCCC. The van der Waals surface area contributed by atoms with Crippen molar-refractivity contribution in [3.63, 3.8) is 0 Å². The number of aliphatic hydroxyl groups excluding tert-OH is 2. The molecule has 0 aliphatic rings. The third kappa shape index (κ3) is 45.7. The summed E-state index contributed by atoms with van der Waals surface area (Å²) in [6.07, 6.45) is 57.3. The summed E-state index contributed by atoms with van der Waals surface area (Å²) in [6.45, 7) is 4.89. The van der Waals surface area contributed by atoms with E-state index in [4.69, 9.17) is 4.74 Å². The molecular weight excluding hydrogens is 731 g/mol. The molecule has 59 heavy (non-hydrogen) atoms. The highest BCUT2D eigenvalue weighted by atomic mass is 16.5. The smallest absolute Gasteiger partial charge is 0.305 e. The van der Waals surface area contributed by atoms with Gasteiger partial charge in [-0.05, 0) is 77.0 Å². The van der Waals surface area contributed by atoms with Crippen LogP contribution in [0, 0.1) is 0 Å². The van der Waals surface area contributed by atoms with E-state index in [0.29, 0.717) is 25.9 Å².